The third-order valence-corrected chi connectivity index (χ3v) is 3.04. The molecule has 0 aromatic carbocycles. The number of carbonyl (C=O) groups is 1. The van der Waals surface area contributed by atoms with Crippen molar-refractivity contribution < 1.29 is 4.79 Å². The molecule has 2 atom stereocenters. The third-order valence-electron chi connectivity index (χ3n) is 3.04. The quantitative estimate of drug-likeness (QED) is 0.712. The molecule has 1 saturated heterocycles. The molecule has 3 nitrogen and oxygen atoms in total. The van der Waals surface area contributed by atoms with E-state index in [4.69, 9.17) is 0 Å². The Labute approximate surface area is 92.5 Å². The lowest BCUT2D eigenvalue weighted by Gasteiger charge is -2.34. The zero-order valence-corrected chi connectivity index (χ0v) is 9.83. The number of nitrogens with one attached hydrogen (secondary N) is 1. The monoisotopic (exact) mass is 210 g/mol. The van der Waals surface area contributed by atoms with Crippen molar-refractivity contribution in [2.45, 2.75) is 32.7 Å². The fraction of sp³-hybridized carbons (Fsp3) is 0.750. The van der Waals surface area contributed by atoms with Crippen LogP contribution >= 0.6 is 0 Å². The van der Waals surface area contributed by atoms with Gasteiger partial charge in [0.25, 0.3) is 0 Å². The maximum Gasteiger partial charge on any atom is 0.237 e. The summed E-state index contributed by atoms with van der Waals surface area (Å²) in [4.78, 5) is 14.0. The molecular weight excluding hydrogens is 188 g/mol. The lowest BCUT2D eigenvalue weighted by atomic mass is 9.99. The first kappa shape index (κ1) is 12.2. The van der Waals surface area contributed by atoms with E-state index < -0.39 is 0 Å². The van der Waals surface area contributed by atoms with E-state index in [0.717, 1.165) is 13.1 Å². The van der Waals surface area contributed by atoms with Crippen molar-refractivity contribution in [1.29, 1.82) is 0 Å². The Kier molecular flexibility index (Phi) is 4.82. The Morgan fingerprint density at radius 2 is 2.47 bits per heavy atom. The fourth-order valence-corrected chi connectivity index (χ4v) is 2.06. The van der Waals surface area contributed by atoms with Gasteiger partial charge in [-0.25, -0.2) is 0 Å². The Hall–Kier alpha value is -0.830. The van der Waals surface area contributed by atoms with Gasteiger partial charge < -0.3 is 5.32 Å². The predicted molar refractivity (Wildman–Crippen MR) is 62.6 cm³/mol. The van der Waals surface area contributed by atoms with Crippen LogP contribution in [0.3, 0.4) is 0 Å². The number of nitrogens with zero attached hydrogens (tertiary/aromatic N) is 1. The second kappa shape index (κ2) is 5.91. The molecule has 3 heteroatoms. The zero-order valence-electron chi connectivity index (χ0n) is 9.83. The van der Waals surface area contributed by atoms with Crippen molar-refractivity contribution in [1.82, 2.24) is 10.2 Å². The van der Waals surface area contributed by atoms with Gasteiger partial charge in [0.15, 0.2) is 0 Å². The van der Waals surface area contributed by atoms with E-state index in [-0.39, 0.29) is 11.9 Å². The Bertz CT molecular complexity index is 228. The van der Waals surface area contributed by atoms with Crippen molar-refractivity contribution >= 4 is 5.91 Å². The molecule has 0 aromatic rings. The summed E-state index contributed by atoms with van der Waals surface area (Å²) < 4.78 is 0. The standard InChI is InChI=1S/C12H22N2O/c1-4-7-13-12(15)11(3)14-8-5-6-10(2)9-14/h4,10-11H,1,5-9H2,2-3H3,(H,13,15)/t10-,11+/m0/s1. The van der Waals surface area contributed by atoms with Gasteiger partial charge in [-0.05, 0) is 32.2 Å². The van der Waals surface area contributed by atoms with Gasteiger partial charge in [0.05, 0.1) is 6.04 Å². The van der Waals surface area contributed by atoms with Crippen LogP contribution in [0, 0.1) is 5.92 Å². The number of piperidine rings is 1. The van der Waals surface area contributed by atoms with Crippen molar-refractivity contribution in [2.24, 2.45) is 5.92 Å². The number of hydrogen-bond acceptors (Lipinski definition) is 2. The van der Waals surface area contributed by atoms with E-state index in [1.54, 1.807) is 6.08 Å². The molecule has 1 amide bonds. The first-order chi connectivity index (χ1) is 7.15. The van der Waals surface area contributed by atoms with Crippen LogP contribution in [0.1, 0.15) is 26.7 Å². The molecule has 1 aliphatic heterocycles. The summed E-state index contributed by atoms with van der Waals surface area (Å²) in [5.41, 5.74) is 0. The molecule has 0 unspecified atom stereocenters. The van der Waals surface area contributed by atoms with E-state index in [1.165, 1.54) is 12.8 Å². The van der Waals surface area contributed by atoms with Crippen molar-refractivity contribution in [2.75, 3.05) is 19.6 Å². The highest BCUT2D eigenvalue weighted by molar-refractivity contribution is 5.81. The van der Waals surface area contributed by atoms with Crippen LogP contribution in [0.2, 0.25) is 0 Å². The van der Waals surface area contributed by atoms with Gasteiger partial charge in [-0.3, -0.25) is 9.69 Å². The maximum absolute atomic E-state index is 11.7. The SMILES string of the molecule is C=CCNC(=O)[C@@H](C)N1CCC[C@H](C)C1. The topological polar surface area (TPSA) is 32.3 Å². The maximum atomic E-state index is 11.7. The van der Waals surface area contributed by atoms with Gasteiger partial charge in [-0.15, -0.1) is 6.58 Å². The predicted octanol–water partition coefficient (Wildman–Crippen LogP) is 1.41. The molecule has 1 fully saturated rings. The summed E-state index contributed by atoms with van der Waals surface area (Å²) in [6.45, 7) is 10.5. The fourth-order valence-electron chi connectivity index (χ4n) is 2.06. The Morgan fingerprint density at radius 1 is 1.73 bits per heavy atom. The number of rotatable bonds is 4. The zero-order chi connectivity index (χ0) is 11.3. The molecule has 15 heavy (non-hydrogen) atoms. The summed E-state index contributed by atoms with van der Waals surface area (Å²) in [6.07, 6.45) is 4.21. The first-order valence-corrected chi connectivity index (χ1v) is 5.77. The number of amides is 1. The molecule has 0 aromatic heterocycles. The highest BCUT2D eigenvalue weighted by atomic mass is 16.2. The van der Waals surface area contributed by atoms with Crippen LogP contribution < -0.4 is 5.32 Å². The largest absolute Gasteiger partial charge is 0.351 e. The van der Waals surface area contributed by atoms with Gasteiger partial charge in [-0.2, -0.15) is 0 Å². The van der Waals surface area contributed by atoms with E-state index in [2.05, 4.69) is 23.7 Å². The van der Waals surface area contributed by atoms with Gasteiger partial charge >= 0.3 is 0 Å². The molecule has 0 radical (unpaired) electrons. The van der Waals surface area contributed by atoms with Crippen LogP contribution in [-0.2, 0) is 4.79 Å². The summed E-state index contributed by atoms with van der Waals surface area (Å²) in [6, 6.07) is -0.00676. The van der Waals surface area contributed by atoms with Crippen LogP contribution in [0.5, 0.6) is 0 Å². The highest BCUT2D eigenvalue weighted by Gasteiger charge is 2.24. The summed E-state index contributed by atoms with van der Waals surface area (Å²) in [7, 11) is 0. The summed E-state index contributed by atoms with van der Waals surface area (Å²) in [5.74, 6) is 0.831. The van der Waals surface area contributed by atoms with Gasteiger partial charge in [0, 0.05) is 13.1 Å². The number of carbonyl (C=O) groups excluding carboxylic acids is 1. The lowest BCUT2D eigenvalue weighted by molar-refractivity contribution is -0.126. The van der Waals surface area contributed by atoms with Crippen LogP contribution in [0.4, 0.5) is 0 Å². The first-order valence-electron chi connectivity index (χ1n) is 5.77. The molecule has 0 bridgehead atoms. The third kappa shape index (κ3) is 3.67. The van der Waals surface area contributed by atoms with Gasteiger partial charge in [0.1, 0.15) is 0 Å². The lowest BCUT2D eigenvalue weighted by Crippen LogP contribution is -2.48. The minimum Gasteiger partial charge on any atom is -0.351 e. The number of likely N-dealkylation sites (tertiary alicyclic amines) is 1. The van der Waals surface area contributed by atoms with E-state index in [9.17, 15) is 4.79 Å². The average molecular weight is 210 g/mol. The molecule has 1 rings (SSSR count). The van der Waals surface area contributed by atoms with E-state index in [0.29, 0.717) is 12.5 Å². The molecule has 1 N–H and O–H groups in total. The Balaban J connectivity index is 2.40. The molecule has 0 spiro atoms. The minimum atomic E-state index is -0.00676. The summed E-state index contributed by atoms with van der Waals surface area (Å²) >= 11 is 0. The second-order valence-electron chi connectivity index (χ2n) is 4.45. The smallest absolute Gasteiger partial charge is 0.237 e. The van der Waals surface area contributed by atoms with Crippen LogP contribution in [0.15, 0.2) is 12.7 Å². The summed E-state index contributed by atoms with van der Waals surface area (Å²) in [5, 5.41) is 2.85. The molecular formula is C12H22N2O. The molecule has 0 saturated carbocycles. The van der Waals surface area contributed by atoms with Crippen LogP contribution in [-0.4, -0.2) is 36.5 Å². The van der Waals surface area contributed by atoms with Crippen molar-refractivity contribution in [3.63, 3.8) is 0 Å². The van der Waals surface area contributed by atoms with Gasteiger partial charge in [0.2, 0.25) is 5.91 Å². The van der Waals surface area contributed by atoms with E-state index in [1.807, 2.05) is 6.92 Å². The minimum absolute atomic E-state index is 0.00676. The van der Waals surface area contributed by atoms with Crippen molar-refractivity contribution in [3.8, 4) is 0 Å². The molecule has 86 valence electrons. The molecule has 1 heterocycles. The van der Waals surface area contributed by atoms with Gasteiger partial charge in [-0.1, -0.05) is 13.0 Å². The molecule has 0 aliphatic carbocycles. The van der Waals surface area contributed by atoms with Crippen LogP contribution in [0.25, 0.3) is 0 Å². The van der Waals surface area contributed by atoms with E-state index >= 15 is 0 Å². The van der Waals surface area contributed by atoms with Crippen molar-refractivity contribution in [3.05, 3.63) is 12.7 Å². The normalized spacial score (nSPS) is 24.5. The Morgan fingerprint density at radius 3 is 3.07 bits per heavy atom. The number of hydrogen-bond donors (Lipinski definition) is 1. The average Bonchev–Trinajstić information content (AvgIpc) is 2.24. The second-order valence-corrected chi connectivity index (χ2v) is 4.45. The highest BCUT2D eigenvalue weighted by Crippen LogP contribution is 2.17. The molecule has 1 aliphatic rings.